The Labute approximate surface area is 82.3 Å². The maximum Gasteiger partial charge on any atom is 0.415 e. The third-order valence-corrected chi connectivity index (χ3v) is 2.45. The number of aliphatic hydroxyl groups excluding tert-OH is 1. The number of aliphatic hydroxyl groups is 1. The normalized spacial score (nSPS) is 14.3. The summed E-state index contributed by atoms with van der Waals surface area (Å²) in [5.74, 6) is -0.0972. The minimum Gasteiger partial charge on any atom is -0.383 e. The van der Waals surface area contributed by atoms with Crippen molar-refractivity contribution in [2.24, 2.45) is 0 Å². The lowest BCUT2D eigenvalue weighted by molar-refractivity contribution is -0.195. The molecular formula is C7H8F3NO2S. The molecule has 1 aromatic heterocycles. The Morgan fingerprint density at radius 2 is 2.29 bits per heavy atom. The Bertz CT molecular complexity index is 262. The number of aromatic nitrogens is 1. The van der Waals surface area contributed by atoms with Crippen LogP contribution in [-0.2, 0) is 5.75 Å². The Kier molecular flexibility index (Phi) is 3.82. The zero-order valence-corrected chi connectivity index (χ0v) is 7.81. The Morgan fingerprint density at radius 3 is 2.79 bits per heavy atom. The summed E-state index contributed by atoms with van der Waals surface area (Å²) in [5.41, 5.74) is 0.560. The van der Waals surface area contributed by atoms with E-state index in [2.05, 4.69) is 9.68 Å². The van der Waals surface area contributed by atoms with Gasteiger partial charge in [-0.2, -0.15) is 24.9 Å². The Morgan fingerprint density at radius 1 is 1.57 bits per heavy atom. The fraction of sp³-hybridized carbons (Fsp3) is 0.571. The van der Waals surface area contributed by atoms with Gasteiger partial charge >= 0.3 is 6.18 Å². The van der Waals surface area contributed by atoms with Crippen LogP contribution in [0.2, 0.25) is 0 Å². The van der Waals surface area contributed by atoms with Gasteiger partial charge in [0.25, 0.3) is 0 Å². The van der Waals surface area contributed by atoms with Crippen molar-refractivity contribution in [2.75, 3.05) is 5.75 Å². The third kappa shape index (κ3) is 3.59. The first-order valence-corrected chi connectivity index (χ1v) is 4.87. The third-order valence-electron chi connectivity index (χ3n) is 1.39. The summed E-state index contributed by atoms with van der Waals surface area (Å²) in [7, 11) is 0. The van der Waals surface area contributed by atoms with Gasteiger partial charge in [-0.05, 0) is 0 Å². The van der Waals surface area contributed by atoms with E-state index in [-0.39, 0.29) is 0 Å². The van der Waals surface area contributed by atoms with Crippen molar-refractivity contribution in [3.05, 3.63) is 18.0 Å². The molecule has 0 aliphatic carbocycles. The van der Waals surface area contributed by atoms with Crippen molar-refractivity contribution in [3.63, 3.8) is 0 Å². The van der Waals surface area contributed by atoms with Crippen LogP contribution < -0.4 is 0 Å². The van der Waals surface area contributed by atoms with E-state index in [1.165, 1.54) is 6.26 Å². The summed E-state index contributed by atoms with van der Waals surface area (Å²) in [5, 5.41) is 12.1. The van der Waals surface area contributed by atoms with E-state index in [9.17, 15) is 13.2 Å². The molecule has 0 bridgehead atoms. The fourth-order valence-corrected chi connectivity index (χ4v) is 1.57. The number of halogens is 3. The van der Waals surface area contributed by atoms with E-state index in [1.54, 1.807) is 6.07 Å². The number of rotatable bonds is 4. The molecule has 0 aliphatic rings. The lowest BCUT2D eigenvalue weighted by Gasteiger charge is -2.13. The summed E-state index contributed by atoms with van der Waals surface area (Å²) >= 11 is 0.953. The zero-order chi connectivity index (χ0) is 10.6. The standard InChI is InChI=1S/C7H8F3NO2S/c8-7(9,10)6(12)4-14-3-5-1-2-13-11-5/h1-2,6,12H,3-4H2/t6-/m0/s1. The van der Waals surface area contributed by atoms with Gasteiger partial charge in [0.2, 0.25) is 0 Å². The molecule has 80 valence electrons. The van der Waals surface area contributed by atoms with Crippen LogP contribution in [0.15, 0.2) is 16.9 Å². The number of hydrogen-bond acceptors (Lipinski definition) is 4. The highest BCUT2D eigenvalue weighted by molar-refractivity contribution is 7.98. The molecule has 0 amide bonds. The van der Waals surface area contributed by atoms with Gasteiger partial charge in [0.15, 0.2) is 6.10 Å². The fourth-order valence-electron chi connectivity index (χ4n) is 0.682. The summed E-state index contributed by atoms with van der Waals surface area (Å²) in [6.45, 7) is 0. The molecule has 1 atom stereocenters. The maximum atomic E-state index is 11.8. The molecule has 0 radical (unpaired) electrons. The second-order valence-electron chi connectivity index (χ2n) is 2.56. The SMILES string of the molecule is O[C@@H](CSCc1ccon1)C(F)(F)F. The Hall–Kier alpha value is -0.690. The largest absolute Gasteiger partial charge is 0.415 e. The molecular weight excluding hydrogens is 219 g/mol. The number of nitrogens with zero attached hydrogens (tertiary/aromatic N) is 1. The number of thioether (sulfide) groups is 1. The highest BCUT2D eigenvalue weighted by Gasteiger charge is 2.37. The van der Waals surface area contributed by atoms with Crippen molar-refractivity contribution in [1.29, 1.82) is 0 Å². The van der Waals surface area contributed by atoms with Crippen molar-refractivity contribution in [1.82, 2.24) is 5.16 Å². The molecule has 14 heavy (non-hydrogen) atoms. The van der Waals surface area contributed by atoms with Gasteiger partial charge in [0.05, 0.1) is 5.69 Å². The van der Waals surface area contributed by atoms with E-state index in [0.29, 0.717) is 11.4 Å². The van der Waals surface area contributed by atoms with Crippen molar-refractivity contribution in [3.8, 4) is 0 Å². The van der Waals surface area contributed by atoms with Gasteiger partial charge in [0.1, 0.15) is 6.26 Å². The van der Waals surface area contributed by atoms with Gasteiger partial charge in [0, 0.05) is 17.6 Å². The first kappa shape index (κ1) is 11.4. The predicted octanol–water partition coefficient (Wildman–Crippen LogP) is 1.83. The average molecular weight is 227 g/mol. The first-order chi connectivity index (χ1) is 6.50. The monoisotopic (exact) mass is 227 g/mol. The zero-order valence-electron chi connectivity index (χ0n) is 6.99. The number of alkyl halides is 3. The first-order valence-electron chi connectivity index (χ1n) is 3.72. The summed E-state index contributed by atoms with van der Waals surface area (Å²) in [6, 6.07) is 1.56. The van der Waals surface area contributed by atoms with Crippen LogP contribution in [0.4, 0.5) is 13.2 Å². The van der Waals surface area contributed by atoms with Crippen LogP contribution in [0.1, 0.15) is 5.69 Å². The van der Waals surface area contributed by atoms with Gasteiger partial charge in [-0.1, -0.05) is 5.16 Å². The van der Waals surface area contributed by atoms with Gasteiger partial charge < -0.3 is 9.63 Å². The highest BCUT2D eigenvalue weighted by Crippen LogP contribution is 2.23. The molecule has 3 nitrogen and oxygen atoms in total. The highest BCUT2D eigenvalue weighted by atomic mass is 32.2. The molecule has 7 heteroatoms. The van der Waals surface area contributed by atoms with Gasteiger partial charge in [-0.3, -0.25) is 0 Å². The van der Waals surface area contributed by atoms with Crippen LogP contribution in [0.3, 0.4) is 0 Å². The molecule has 1 N–H and O–H groups in total. The van der Waals surface area contributed by atoms with Crippen molar-refractivity contribution >= 4 is 11.8 Å². The molecule has 0 saturated carbocycles. The van der Waals surface area contributed by atoms with Crippen LogP contribution in [0, 0.1) is 0 Å². The quantitative estimate of drug-likeness (QED) is 0.852. The summed E-state index contributed by atoms with van der Waals surface area (Å²) in [6.07, 6.45) is -5.48. The lowest BCUT2D eigenvalue weighted by atomic mass is 10.4. The topological polar surface area (TPSA) is 46.3 Å². The Balaban J connectivity index is 2.22. The van der Waals surface area contributed by atoms with E-state index in [1.807, 2.05) is 0 Å². The molecule has 0 spiro atoms. The second kappa shape index (κ2) is 4.70. The summed E-state index contributed by atoms with van der Waals surface area (Å²) in [4.78, 5) is 0. The predicted molar refractivity (Wildman–Crippen MR) is 44.7 cm³/mol. The molecule has 1 rings (SSSR count). The van der Waals surface area contributed by atoms with Gasteiger partial charge in [-0.25, -0.2) is 0 Å². The van der Waals surface area contributed by atoms with E-state index >= 15 is 0 Å². The number of hydrogen-bond donors (Lipinski definition) is 1. The average Bonchev–Trinajstić information content (AvgIpc) is 2.55. The molecule has 1 heterocycles. The van der Waals surface area contributed by atoms with Crippen molar-refractivity contribution < 1.29 is 22.8 Å². The summed E-state index contributed by atoms with van der Waals surface area (Å²) < 4.78 is 39.9. The lowest BCUT2D eigenvalue weighted by Crippen LogP contribution is -2.30. The smallest absolute Gasteiger partial charge is 0.383 e. The second-order valence-corrected chi connectivity index (χ2v) is 3.59. The molecule has 0 aliphatic heterocycles. The minimum atomic E-state index is -4.54. The van der Waals surface area contributed by atoms with Crippen LogP contribution in [0.25, 0.3) is 0 Å². The van der Waals surface area contributed by atoms with E-state index in [0.717, 1.165) is 11.8 Å². The minimum absolute atomic E-state index is 0.295. The van der Waals surface area contributed by atoms with Gasteiger partial charge in [-0.15, -0.1) is 0 Å². The van der Waals surface area contributed by atoms with E-state index < -0.39 is 18.0 Å². The molecule has 0 saturated heterocycles. The van der Waals surface area contributed by atoms with Crippen LogP contribution in [-0.4, -0.2) is 28.3 Å². The van der Waals surface area contributed by atoms with Crippen molar-refractivity contribution in [2.45, 2.75) is 18.0 Å². The molecule has 1 aromatic rings. The van der Waals surface area contributed by atoms with Crippen LogP contribution >= 0.6 is 11.8 Å². The van der Waals surface area contributed by atoms with E-state index in [4.69, 9.17) is 5.11 Å². The maximum absolute atomic E-state index is 11.8. The molecule has 0 fully saturated rings. The molecule has 0 aromatic carbocycles. The van der Waals surface area contributed by atoms with Crippen LogP contribution in [0.5, 0.6) is 0 Å². The molecule has 0 unspecified atom stereocenters.